The zero-order valence-electron chi connectivity index (χ0n) is 12.7. The van der Waals surface area contributed by atoms with E-state index in [9.17, 15) is 9.59 Å². The molecule has 3 atom stereocenters. The second-order valence-corrected chi connectivity index (χ2v) is 6.13. The van der Waals surface area contributed by atoms with Crippen LogP contribution in [0.3, 0.4) is 0 Å². The monoisotopic (exact) mass is 286 g/mol. The molecule has 1 aliphatic carbocycles. The van der Waals surface area contributed by atoms with Crippen LogP contribution in [0.4, 0.5) is 0 Å². The number of nitrogens with two attached hydrogens (primary N) is 1. The smallest absolute Gasteiger partial charge is 0.306 e. The van der Waals surface area contributed by atoms with Gasteiger partial charge in [-0.15, -0.1) is 0 Å². The molecule has 6 nitrogen and oxygen atoms in total. The highest BCUT2D eigenvalue weighted by atomic mass is 16.5. The Morgan fingerprint density at radius 2 is 2.10 bits per heavy atom. The topological polar surface area (TPSA) is 102 Å². The molecule has 0 aromatic carbocycles. The van der Waals surface area contributed by atoms with E-state index in [0.717, 1.165) is 0 Å². The molecular formula is C14H26N2O4. The van der Waals surface area contributed by atoms with Crippen LogP contribution in [0.1, 0.15) is 40.5 Å². The molecule has 6 heteroatoms. The third-order valence-corrected chi connectivity index (χ3v) is 4.52. The minimum atomic E-state index is -0.945. The number of carbonyl (C=O) groups is 2. The summed E-state index contributed by atoms with van der Waals surface area (Å²) in [6.07, 6.45) is 0.877. The third-order valence-electron chi connectivity index (χ3n) is 4.52. The second kappa shape index (κ2) is 6.10. The van der Waals surface area contributed by atoms with E-state index in [-0.39, 0.29) is 12.0 Å². The second-order valence-electron chi connectivity index (χ2n) is 6.13. The lowest BCUT2D eigenvalue weighted by Gasteiger charge is -2.57. The Morgan fingerprint density at radius 1 is 1.50 bits per heavy atom. The zero-order chi connectivity index (χ0) is 15.6. The van der Waals surface area contributed by atoms with E-state index in [1.807, 2.05) is 20.8 Å². The van der Waals surface area contributed by atoms with E-state index in [1.165, 1.54) is 0 Å². The van der Waals surface area contributed by atoms with E-state index >= 15 is 0 Å². The Bertz CT molecular complexity index is 383. The highest BCUT2D eigenvalue weighted by Gasteiger charge is 2.62. The van der Waals surface area contributed by atoms with E-state index < -0.39 is 22.8 Å². The first-order valence-electron chi connectivity index (χ1n) is 7.08. The molecule has 1 saturated carbocycles. The first-order chi connectivity index (χ1) is 9.16. The highest BCUT2D eigenvalue weighted by molar-refractivity contribution is 5.88. The van der Waals surface area contributed by atoms with Crippen molar-refractivity contribution in [2.45, 2.75) is 52.2 Å². The maximum Gasteiger partial charge on any atom is 0.306 e. The Hall–Kier alpha value is -1.14. The van der Waals surface area contributed by atoms with Gasteiger partial charge in [-0.25, -0.2) is 0 Å². The maximum atomic E-state index is 12.2. The van der Waals surface area contributed by atoms with Crippen molar-refractivity contribution in [1.29, 1.82) is 0 Å². The number of carbonyl (C=O) groups excluding carboxylic acids is 1. The highest BCUT2D eigenvalue weighted by Crippen LogP contribution is 2.49. The fourth-order valence-corrected chi connectivity index (χ4v) is 2.50. The van der Waals surface area contributed by atoms with Crippen molar-refractivity contribution >= 4 is 11.9 Å². The average molecular weight is 286 g/mol. The van der Waals surface area contributed by atoms with Gasteiger partial charge in [0.15, 0.2) is 0 Å². The van der Waals surface area contributed by atoms with Gasteiger partial charge in [0.25, 0.3) is 0 Å². The summed E-state index contributed by atoms with van der Waals surface area (Å²) in [6.45, 7) is 8.31. The fraction of sp³-hybridized carbons (Fsp3) is 0.857. The molecular weight excluding hydrogens is 260 g/mol. The Kier molecular flexibility index (Phi) is 5.15. The number of carboxylic acids is 1. The van der Waals surface area contributed by atoms with Crippen LogP contribution < -0.4 is 11.1 Å². The van der Waals surface area contributed by atoms with Crippen molar-refractivity contribution < 1.29 is 19.4 Å². The molecule has 3 unspecified atom stereocenters. The lowest BCUT2D eigenvalue weighted by atomic mass is 9.54. The molecule has 1 amide bonds. The summed E-state index contributed by atoms with van der Waals surface area (Å²) in [6, 6.07) is 0. The Balaban J connectivity index is 2.50. The van der Waals surface area contributed by atoms with Gasteiger partial charge in [0, 0.05) is 25.0 Å². The predicted molar refractivity (Wildman–Crippen MR) is 75.2 cm³/mol. The number of aliphatic carboxylic acids is 1. The summed E-state index contributed by atoms with van der Waals surface area (Å²) in [5, 5.41) is 11.5. The largest absolute Gasteiger partial charge is 0.481 e. The van der Waals surface area contributed by atoms with Crippen LogP contribution in [-0.2, 0) is 14.3 Å². The summed E-state index contributed by atoms with van der Waals surface area (Å²) < 4.78 is 5.58. The Morgan fingerprint density at radius 3 is 2.55 bits per heavy atom. The number of ether oxygens (including phenoxy) is 1. The number of nitrogens with one attached hydrogen (secondary N) is 1. The van der Waals surface area contributed by atoms with E-state index in [0.29, 0.717) is 26.0 Å². The minimum Gasteiger partial charge on any atom is -0.481 e. The maximum absolute atomic E-state index is 12.2. The molecule has 1 rings (SSSR count). The van der Waals surface area contributed by atoms with Crippen molar-refractivity contribution in [3.8, 4) is 0 Å². The molecule has 0 saturated heterocycles. The molecule has 0 aromatic heterocycles. The van der Waals surface area contributed by atoms with Gasteiger partial charge in [-0.2, -0.15) is 0 Å². The summed E-state index contributed by atoms with van der Waals surface area (Å²) >= 11 is 0. The van der Waals surface area contributed by atoms with Crippen LogP contribution in [0.25, 0.3) is 0 Å². The Labute approximate surface area is 120 Å². The molecule has 1 fully saturated rings. The first kappa shape index (κ1) is 16.9. The summed E-state index contributed by atoms with van der Waals surface area (Å²) in [7, 11) is 0. The SMILES string of the molecule is CCOC1CC(N)(C(=O)NCCC(C)C(=O)O)C1(C)C. The van der Waals surface area contributed by atoms with Gasteiger partial charge in [0.05, 0.1) is 12.0 Å². The molecule has 4 N–H and O–H groups in total. The molecule has 0 bridgehead atoms. The lowest BCUT2D eigenvalue weighted by molar-refractivity contribution is -0.170. The fourth-order valence-electron chi connectivity index (χ4n) is 2.50. The van der Waals surface area contributed by atoms with Crippen LogP contribution in [0.5, 0.6) is 0 Å². The quantitative estimate of drug-likeness (QED) is 0.641. The van der Waals surface area contributed by atoms with Crippen molar-refractivity contribution in [2.24, 2.45) is 17.1 Å². The summed E-state index contributed by atoms with van der Waals surface area (Å²) in [5.74, 6) is -1.56. The number of rotatable bonds is 7. The van der Waals surface area contributed by atoms with Crippen molar-refractivity contribution in [1.82, 2.24) is 5.32 Å². The van der Waals surface area contributed by atoms with Gasteiger partial charge in [-0.05, 0) is 13.3 Å². The summed E-state index contributed by atoms with van der Waals surface area (Å²) in [5.41, 5.74) is 4.84. The van der Waals surface area contributed by atoms with E-state index in [2.05, 4.69) is 5.32 Å². The van der Waals surface area contributed by atoms with E-state index in [4.69, 9.17) is 15.6 Å². The van der Waals surface area contributed by atoms with E-state index in [1.54, 1.807) is 6.92 Å². The standard InChI is InChI=1S/C14H26N2O4/c1-5-20-10-8-14(15,13(10,3)4)12(19)16-7-6-9(2)11(17)18/h9-10H,5-8,15H2,1-4H3,(H,16,19)(H,17,18). The van der Waals surface area contributed by atoms with Gasteiger partial charge in [-0.1, -0.05) is 20.8 Å². The van der Waals surface area contributed by atoms with Gasteiger partial charge < -0.3 is 20.9 Å². The van der Waals surface area contributed by atoms with Gasteiger partial charge in [0.1, 0.15) is 5.54 Å². The number of hydrogen-bond acceptors (Lipinski definition) is 4. The average Bonchev–Trinajstić information content (AvgIpc) is 2.37. The van der Waals surface area contributed by atoms with Crippen LogP contribution in [-0.4, -0.2) is 41.8 Å². The van der Waals surface area contributed by atoms with Gasteiger partial charge >= 0.3 is 5.97 Å². The minimum absolute atomic E-state index is 0.0128. The van der Waals surface area contributed by atoms with Crippen LogP contribution in [0.15, 0.2) is 0 Å². The normalized spacial score (nSPS) is 29.4. The number of carboxylic acid groups (broad SMARTS) is 1. The molecule has 0 aromatic rings. The molecule has 0 spiro atoms. The molecule has 20 heavy (non-hydrogen) atoms. The predicted octanol–water partition coefficient (Wildman–Crippen LogP) is 0.746. The molecule has 116 valence electrons. The van der Waals surface area contributed by atoms with Crippen LogP contribution in [0.2, 0.25) is 0 Å². The van der Waals surface area contributed by atoms with Crippen LogP contribution >= 0.6 is 0 Å². The summed E-state index contributed by atoms with van der Waals surface area (Å²) in [4.78, 5) is 22.9. The van der Waals surface area contributed by atoms with Crippen molar-refractivity contribution in [2.75, 3.05) is 13.2 Å². The van der Waals surface area contributed by atoms with Crippen molar-refractivity contribution in [3.63, 3.8) is 0 Å². The molecule has 0 heterocycles. The van der Waals surface area contributed by atoms with Crippen LogP contribution in [0, 0.1) is 11.3 Å². The third kappa shape index (κ3) is 2.96. The first-order valence-corrected chi connectivity index (χ1v) is 7.08. The molecule has 0 aliphatic heterocycles. The van der Waals surface area contributed by atoms with Gasteiger partial charge in [-0.3, -0.25) is 9.59 Å². The molecule has 1 aliphatic rings. The van der Waals surface area contributed by atoms with Gasteiger partial charge in [0.2, 0.25) is 5.91 Å². The zero-order valence-corrected chi connectivity index (χ0v) is 12.7. The number of hydrogen-bond donors (Lipinski definition) is 3. The van der Waals surface area contributed by atoms with Crippen molar-refractivity contribution in [3.05, 3.63) is 0 Å². The number of amides is 1. The molecule has 0 radical (unpaired) electrons. The lowest BCUT2D eigenvalue weighted by Crippen LogP contribution is -2.75.